The summed E-state index contributed by atoms with van der Waals surface area (Å²) in [6, 6.07) is 20.0. The minimum Gasteiger partial charge on any atom is -0.348 e. The van der Waals surface area contributed by atoms with Crippen LogP contribution in [-0.4, -0.2) is 42.0 Å². The summed E-state index contributed by atoms with van der Waals surface area (Å²) in [4.78, 5) is 0. The molecule has 1 heterocycles. The molecular formula is C18H20N4OS. The Labute approximate surface area is 147 Å². The largest absolute Gasteiger partial charge is 0.348 e. The molecule has 1 N–H and O–H groups in total. The molecule has 0 fully saturated rings. The average Bonchev–Trinajstić information content (AvgIpc) is 2.62. The van der Waals surface area contributed by atoms with Crippen molar-refractivity contribution in [3.8, 4) is 0 Å². The van der Waals surface area contributed by atoms with Gasteiger partial charge >= 0.3 is 0 Å². The van der Waals surface area contributed by atoms with E-state index in [4.69, 9.17) is 17.0 Å². The summed E-state index contributed by atoms with van der Waals surface area (Å²) in [5.41, 5.74) is 4.66. The molecule has 6 heteroatoms. The van der Waals surface area contributed by atoms with Crippen LogP contribution < -0.4 is 5.43 Å². The minimum atomic E-state index is -0.950. The maximum atomic E-state index is 6.10. The number of hydrogen-bond donors (Lipinski definition) is 1. The van der Waals surface area contributed by atoms with Gasteiger partial charge in [0.1, 0.15) is 5.71 Å². The van der Waals surface area contributed by atoms with E-state index in [1.54, 1.807) is 7.11 Å². The Kier molecular flexibility index (Phi) is 4.62. The van der Waals surface area contributed by atoms with Crippen molar-refractivity contribution in [1.82, 2.24) is 15.4 Å². The zero-order valence-corrected chi connectivity index (χ0v) is 14.7. The molecule has 0 aromatic heterocycles. The standard InChI is InChI=1S/C18H20N4OS/c1-21(2)22-17(24)20-19-16(14-10-6-4-7-11-14)18(22,23-3)15-12-8-5-9-13-15/h4-13H,1-3H3,(H,20,24). The molecule has 0 aliphatic carbocycles. The molecule has 5 nitrogen and oxygen atoms in total. The summed E-state index contributed by atoms with van der Waals surface area (Å²) < 4.78 is 6.10. The lowest BCUT2D eigenvalue weighted by Crippen LogP contribution is -2.65. The molecule has 0 bridgehead atoms. The van der Waals surface area contributed by atoms with Crippen LogP contribution in [0.5, 0.6) is 0 Å². The second-order valence-electron chi connectivity index (χ2n) is 5.62. The number of hydrazone groups is 1. The first-order chi connectivity index (χ1) is 11.6. The summed E-state index contributed by atoms with van der Waals surface area (Å²) >= 11 is 5.51. The van der Waals surface area contributed by atoms with Gasteiger partial charge in [0, 0.05) is 32.3 Å². The second kappa shape index (κ2) is 6.68. The van der Waals surface area contributed by atoms with Crippen LogP contribution in [0.4, 0.5) is 0 Å². The highest BCUT2D eigenvalue weighted by Crippen LogP contribution is 2.36. The smallest absolute Gasteiger partial charge is 0.229 e. The van der Waals surface area contributed by atoms with Gasteiger partial charge in [-0.2, -0.15) is 5.10 Å². The van der Waals surface area contributed by atoms with Crippen LogP contribution in [0.2, 0.25) is 0 Å². The summed E-state index contributed by atoms with van der Waals surface area (Å²) in [5, 5.41) is 8.83. The minimum absolute atomic E-state index is 0.477. The van der Waals surface area contributed by atoms with Crippen LogP contribution >= 0.6 is 12.2 Å². The third-order valence-electron chi connectivity index (χ3n) is 3.98. The first-order valence-electron chi connectivity index (χ1n) is 7.63. The number of ether oxygens (including phenoxy) is 1. The Morgan fingerprint density at radius 1 is 1.04 bits per heavy atom. The van der Waals surface area contributed by atoms with Crippen molar-refractivity contribution in [2.45, 2.75) is 5.72 Å². The Balaban J connectivity index is 2.28. The maximum Gasteiger partial charge on any atom is 0.229 e. The Hall–Kier alpha value is -2.28. The molecule has 0 amide bonds. The van der Waals surface area contributed by atoms with Crippen LogP contribution in [-0.2, 0) is 10.5 Å². The monoisotopic (exact) mass is 340 g/mol. The van der Waals surface area contributed by atoms with E-state index in [1.165, 1.54) is 0 Å². The van der Waals surface area contributed by atoms with Crippen LogP contribution in [0.1, 0.15) is 11.1 Å². The average molecular weight is 340 g/mol. The maximum absolute atomic E-state index is 6.10. The van der Waals surface area contributed by atoms with Crippen molar-refractivity contribution in [1.29, 1.82) is 0 Å². The number of benzene rings is 2. The van der Waals surface area contributed by atoms with Gasteiger partial charge in [0.05, 0.1) is 0 Å². The lowest BCUT2D eigenvalue weighted by molar-refractivity contribution is -0.134. The van der Waals surface area contributed by atoms with Gasteiger partial charge < -0.3 is 4.74 Å². The van der Waals surface area contributed by atoms with Gasteiger partial charge in [-0.15, -0.1) is 0 Å². The van der Waals surface area contributed by atoms with Crippen molar-refractivity contribution in [3.63, 3.8) is 0 Å². The van der Waals surface area contributed by atoms with Crippen LogP contribution in [0.3, 0.4) is 0 Å². The third-order valence-corrected chi connectivity index (χ3v) is 4.25. The molecule has 1 atom stereocenters. The number of nitrogens with zero attached hydrogens (tertiary/aromatic N) is 3. The van der Waals surface area contributed by atoms with Crippen LogP contribution in [0, 0.1) is 0 Å². The fourth-order valence-electron chi connectivity index (χ4n) is 3.01. The van der Waals surface area contributed by atoms with Crippen molar-refractivity contribution in [3.05, 3.63) is 71.8 Å². The highest BCUT2D eigenvalue weighted by atomic mass is 32.1. The van der Waals surface area contributed by atoms with Crippen molar-refractivity contribution >= 4 is 23.0 Å². The number of thiocarbonyl (C=S) groups is 1. The SMILES string of the molecule is COC1(c2ccccc2)C(c2ccccc2)=NNC(=S)N1N(C)C. The van der Waals surface area contributed by atoms with E-state index >= 15 is 0 Å². The van der Waals surface area contributed by atoms with Crippen molar-refractivity contribution in [2.75, 3.05) is 21.2 Å². The fourth-order valence-corrected chi connectivity index (χ4v) is 3.35. The molecule has 0 radical (unpaired) electrons. The Morgan fingerprint density at radius 2 is 1.62 bits per heavy atom. The fraction of sp³-hybridized carbons (Fsp3) is 0.222. The van der Waals surface area contributed by atoms with Gasteiger partial charge in [0.25, 0.3) is 0 Å². The molecule has 0 spiro atoms. The van der Waals surface area contributed by atoms with E-state index in [9.17, 15) is 0 Å². The third kappa shape index (κ3) is 2.58. The van der Waals surface area contributed by atoms with Gasteiger partial charge in [0.15, 0.2) is 0 Å². The molecule has 0 saturated heterocycles. The molecular weight excluding hydrogens is 320 g/mol. The molecule has 3 rings (SSSR count). The summed E-state index contributed by atoms with van der Waals surface area (Å²) in [6.07, 6.45) is 0. The predicted molar refractivity (Wildman–Crippen MR) is 99.4 cm³/mol. The van der Waals surface area contributed by atoms with Crippen molar-refractivity contribution < 1.29 is 4.74 Å². The molecule has 1 aliphatic heterocycles. The first kappa shape index (κ1) is 16.6. The predicted octanol–water partition coefficient (Wildman–Crippen LogP) is 2.56. The van der Waals surface area contributed by atoms with Crippen molar-refractivity contribution in [2.24, 2.45) is 5.10 Å². The zero-order chi connectivity index (χ0) is 17.2. The van der Waals surface area contributed by atoms with Gasteiger partial charge in [-0.3, -0.25) is 5.43 Å². The number of nitrogens with one attached hydrogen (secondary N) is 1. The molecule has 1 aliphatic rings. The van der Waals surface area contributed by atoms with E-state index < -0.39 is 5.72 Å². The van der Waals surface area contributed by atoms with Crippen LogP contribution in [0.25, 0.3) is 0 Å². The van der Waals surface area contributed by atoms with E-state index in [1.807, 2.05) is 84.8 Å². The van der Waals surface area contributed by atoms with E-state index in [0.29, 0.717) is 5.11 Å². The number of methoxy groups -OCH3 is 1. The first-order valence-corrected chi connectivity index (χ1v) is 8.03. The summed E-state index contributed by atoms with van der Waals surface area (Å²) in [5.74, 6) is 0. The quantitative estimate of drug-likeness (QED) is 0.866. The van der Waals surface area contributed by atoms with Gasteiger partial charge in [0.2, 0.25) is 10.8 Å². The van der Waals surface area contributed by atoms with Gasteiger partial charge in [-0.25, -0.2) is 10.0 Å². The number of rotatable bonds is 4. The lowest BCUT2D eigenvalue weighted by atomic mass is 9.91. The normalized spacial score (nSPS) is 20.8. The summed E-state index contributed by atoms with van der Waals surface area (Å²) in [7, 11) is 5.53. The van der Waals surface area contributed by atoms with Crippen LogP contribution in [0.15, 0.2) is 65.8 Å². The molecule has 0 saturated carbocycles. The highest BCUT2D eigenvalue weighted by Gasteiger charge is 2.49. The molecule has 2 aromatic carbocycles. The number of hydrogen-bond acceptors (Lipinski definition) is 4. The number of hydrazine groups is 1. The lowest BCUT2D eigenvalue weighted by Gasteiger charge is -2.49. The van der Waals surface area contributed by atoms with Gasteiger partial charge in [-0.1, -0.05) is 60.7 Å². The summed E-state index contributed by atoms with van der Waals surface area (Å²) in [6.45, 7) is 0. The van der Waals surface area contributed by atoms with E-state index in [-0.39, 0.29) is 0 Å². The Bertz CT molecular complexity index is 748. The zero-order valence-electron chi connectivity index (χ0n) is 13.9. The topological polar surface area (TPSA) is 40.1 Å². The van der Waals surface area contributed by atoms with E-state index in [0.717, 1.165) is 16.8 Å². The molecule has 124 valence electrons. The second-order valence-corrected chi connectivity index (χ2v) is 6.00. The Morgan fingerprint density at radius 3 is 2.17 bits per heavy atom. The molecule has 1 unspecified atom stereocenters. The van der Waals surface area contributed by atoms with E-state index in [2.05, 4.69) is 10.5 Å². The molecule has 2 aromatic rings. The van der Waals surface area contributed by atoms with Gasteiger partial charge in [-0.05, 0) is 12.2 Å². The highest BCUT2D eigenvalue weighted by molar-refractivity contribution is 7.80. The molecule has 24 heavy (non-hydrogen) atoms.